The summed E-state index contributed by atoms with van der Waals surface area (Å²) < 4.78 is 5.23. The normalized spacial score (nSPS) is 13.1. The third-order valence-corrected chi connectivity index (χ3v) is 2.38. The first-order chi connectivity index (χ1) is 6.52. The predicted octanol–water partition coefficient (Wildman–Crippen LogP) is 1.49. The van der Waals surface area contributed by atoms with Gasteiger partial charge < -0.3 is 9.52 Å². The Labute approximate surface area is 83.1 Å². The number of carboxylic acids is 1. The molecule has 4 nitrogen and oxygen atoms in total. The number of carbonyl (C=O) groups is 1. The molecule has 4 heteroatoms. The summed E-state index contributed by atoms with van der Waals surface area (Å²) in [6.45, 7) is 4.12. The van der Waals surface area contributed by atoms with Gasteiger partial charge in [-0.25, -0.2) is 0 Å². The van der Waals surface area contributed by atoms with E-state index < -0.39 is 12.0 Å². The van der Waals surface area contributed by atoms with Crippen LogP contribution in [0.25, 0.3) is 0 Å². The summed E-state index contributed by atoms with van der Waals surface area (Å²) in [5.74, 6) is -0.00249. The Morgan fingerprint density at radius 3 is 2.79 bits per heavy atom. The lowest BCUT2D eigenvalue weighted by Gasteiger charge is -2.19. The second-order valence-corrected chi connectivity index (χ2v) is 3.46. The Morgan fingerprint density at radius 1 is 1.71 bits per heavy atom. The Balaban J connectivity index is 2.61. The first-order valence-electron chi connectivity index (χ1n) is 4.48. The van der Waals surface area contributed by atoms with Gasteiger partial charge in [-0.1, -0.05) is 0 Å². The van der Waals surface area contributed by atoms with E-state index in [1.807, 2.05) is 13.0 Å². The van der Waals surface area contributed by atoms with Crippen LogP contribution in [0.2, 0.25) is 0 Å². The fourth-order valence-electron chi connectivity index (χ4n) is 1.12. The standard InChI is InChI=1S/C10H15NO3/c1-7-4-5-14-9(7)6-11(3)8(2)10(12)13/h4-5,8H,6H2,1-3H3,(H,12,13). The minimum absolute atomic E-state index is 0.500. The van der Waals surface area contributed by atoms with Gasteiger partial charge in [-0.15, -0.1) is 0 Å². The first kappa shape index (κ1) is 10.8. The molecule has 0 saturated heterocycles. The first-order valence-corrected chi connectivity index (χ1v) is 4.48. The second-order valence-electron chi connectivity index (χ2n) is 3.46. The van der Waals surface area contributed by atoms with Crippen LogP contribution in [-0.4, -0.2) is 29.1 Å². The number of rotatable bonds is 4. The molecule has 0 saturated carbocycles. The molecule has 0 aliphatic rings. The molecule has 0 aliphatic carbocycles. The van der Waals surface area contributed by atoms with Crippen LogP contribution in [0.5, 0.6) is 0 Å². The topological polar surface area (TPSA) is 53.7 Å². The summed E-state index contributed by atoms with van der Waals surface area (Å²) in [5.41, 5.74) is 1.05. The van der Waals surface area contributed by atoms with Crippen molar-refractivity contribution < 1.29 is 14.3 Å². The number of hydrogen-bond acceptors (Lipinski definition) is 3. The maximum Gasteiger partial charge on any atom is 0.320 e. The van der Waals surface area contributed by atoms with E-state index in [-0.39, 0.29) is 0 Å². The zero-order valence-electron chi connectivity index (χ0n) is 8.65. The Hall–Kier alpha value is -1.29. The van der Waals surface area contributed by atoms with E-state index in [1.165, 1.54) is 0 Å². The number of carboxylic acid groups (broad SMARTS) is 1. The van der Waals surface area contributed by atoms with Crippen molar-refractivity contribution in [1.29, 1.82) is 0 Å². The third-order valence-electron chi connectivity index (χ3n) is 2.38. The molecule has 1 aromatic rings. The smallest absolute Gasteiger partial charge is 0.320 e. The zero-order valence-corrected chi connectivity index (χ0v) is 8.65. The SMILES string of the molecule is Cc1ccoc1CN(C)C(C)C(=O)O. The summed E-state index contributed by atoms with van der Waals surface area (Å²) in [6, 6.07) is 1.37. The summed E-state index contributed by atoms with van der Waals surface area (Å²) in [5, 5.41) is 8.78. The molecule has 0 aliphatic heterocycles. The summed E-state index contributed by atoms with van der Waals surface area (Å²) in [4.78, 5) is 12.4. The Bertz CT molecular complexity index is 319. The van der Waals surface area contributed by atoms with Gasteiger partial charge in [0.1, 0.15) is 11.8 Å². The van der Waals surface area contributed by atoms with E-state index in [0.29, 0.717) is 6.54 Å². The van der Waals surface area contributed by atoms with Gasteiger partial charge in [0.05, 0.1) is 12.8 Å². The molecule has 1 heterocycles. The minimum atomic E-state index is -0.822. The molecule has 14 heavy (non-hydrogen) atoms. The Morgan fingerprint density at radius 2 is 2.36 bits per heavy atom. The molecule has 0 radical (unpaired) electrons. The lowest BCUT2D eigenvalue weighted by atomic mass is 10.2. The van der Waals surface area contributed by atoms with Crippen LogP contribution in [0.3, 0.4) is 0 Å². The third kappa shape index (κ3) is 2.35. The lowest BCUT2D eigenvalue weighted by Crippen LogP contribution is -2.35. The molecule has 1 N–H and O–H groups in total. The van der Waals surface area contributed by atoms with Crippen molar-refractivity contribution in [3.8, 4) is 0 Å². The van der Waals surface area contributed by atoms with E-state index in [1.54, 1.807) is 25.1 Å². The van der Waals surface area contributed by atoms with Gasteiger partial charge in [-0.3, -0.25) is 9.69 Å². The average molecular weight is 197 g/mol. The van der Waals surface area contributed by atoms with Crippen LogP contribution < -0.4 is 0 Å². The van der Waals surface area contributed by atoms with Crippen molar-refractivity contribution in [2.75, 3.05) is 7.05 Å². The van der Waals surface area contributed by atoms with E-state index in [0.717, 1.165) is 11.3 Å². The fourth-order valence-corrected chi connectivity index (χ4v) is 1.12. The zero-order chi connectivity index (χ0) is 10.7. The highest BCUT2D eigenvalue weighted by Crippen LogP contribution is 2.12. The number of nitrogens with zero attached hydrogens (tertiary/aromatic N) is 1. The average Bonchev–Trinajstić information content (AvgIpc) is 2.50. The quantitative estimate of drug-likeness (QED) is 0.794. The van der Waals surface area contributed by atoms with Gasteiger partial charge in [0.25, 0.3) is 0 Å². The molecule has 0 amide bonds. The highest BCUT2D eigenvalue weighted by molar-refractivity contribution is 5.72. The van der Waals surface area contributed by atoms with Crippen molar-refractivity contribution in [1.82, 2.24) is 4.90 Å². The van der Waals surface area contributed by atoms with Crippen molar-refractivity contribution >= 4 is 5.97 Å². The molecule has 78 valence electrons. The van der Waals surface area contributed by atoms with Crippen LogP contribution in [0.15, 0.2) is 16.7 Å². The Kier molecular flexibility index (Phi) is 3.30. The van der Waals surface area contributed by atoms with Crippen LogP contribution in [0, 0.1) is 6.92 Å². The van der Waals surface area contributed by atoms with Crippen molar-refractivity contribution in [2.24, 2.45) is 0 Å². The molecule has 0 fully saturated rings. The van der Waals surface area contributed by atoms with Gasteiger partial charge in [0, 0.05) is 0 Å². The van der Waals surface area contributed by atoms with E-state index in [2.05, 4.69) is 0 Å². The van der Waals surface area contributed by atoms with Crippen molar-refractivity contribution in [3.63, 3.8) is 0 Å². The molecular formula is C10H15NO3. The fraction of sp³-hybridized carbons (Fsp3) is 0.500. The number of furan rings is 1. The summed E-state index contributed by atoms with van der Waals surface area (Å²) in [6.07, 6.45) is 1.62. The van der Waals surface area contributed by atoms with Gasteiger partial charge >= 0.3 is 5.97 Å². The molecule has 0 aromatic carbocycles. The maximum absolute atomic E-state index is 10.7. The number of likely N-dealkylation sites (N-methyl/N-ethyl adjacent to an activating group) is 1. The van der Waals surface area contributed by atoms with E-state index in [4.69, 9.17) is 9.52 Å². The number of hydrogen-bond donors (Lipinski definition) is 1. The van der Waals surface area contributed by atoms with Crippen LogP contribution in [0.4, 0.5) is 0 Å². The van der Waals surface area contributed by atoms with E-state index >= 15 is 0 Å². The van der Waals surface area contributed by atoms with Crippen LogP contribution in [-0.2, 0) is 11.3 Å². The molecular weight excluding hydrogens is 182 g/mol. The lowest BCUT2D eigenvalue weighted by molar-refractivity contribution is -0.142. The maximum atomic E-state index is 10.7. The van der Waals surface area contributed by atoms with E-state index in [9.17, 15) is 4.79 Å². The molecule has 0 bridgehead atoms. The molecule has 1 unspecified atom stereocenters. The van der Waals surface area contributed by atoms with Gasteiger partial charge in [-0.2, -0.15) is 0 Å². The van der Waals surface area contributed by atoms with Crippen molar-refractivity contribution in [2.45, 2.75) is 26.4 Å². The monoisotopic (exact) mass is 197 g/mol. The molecule has 1 rings (SSSR count). The van der Waals surface area contributed by atoms with Crippen molar-refractivity contribution in [3.05, 3.63) is 23.7 Å². The summed E-state index contributed by atoms with van der Waals surface area (Å²) in [7, 11) is 1.76. The molecule has 1 atom stereocenters. The highest BCUT2D eigenvalue weighted by Gasteiger charge is 2.18. The summed E-state index contributed by atoms with van der Waals surface area (Å²) >= 11 is 0. The van der Waals surface area contributed by atoms with Crippen LogP contribution >= 0.6 is 0 Å². The second kappa shape index (κ2) is 4.28. The van der Waals surface area contributed by atoms with Gasteiger partial charge in [0.2, 0.25) is 0 Å². The predicted molar refractivity (Wildman–Crippen MR) is 52.0 cm³/mol. The minimum Gasteiger partial charge on any atom is -0.480 e. The van der Waals surface area contributed by atoms with Gasteiger partial charge in [0.15, 0.2) is 0 Å². The van der Waals surface area contributed by atoms with Gasteiger partial charge in [-0.05, 0) is 32.5 Å². The number of aryl methyl sites for hydroxylation is 1. The largest absolute Gasteiger partial charge is 0.480 e. The van der Waals surface area contributed by atoms with Crippen LogP contribution in [0.1, 0.15) is 18.2 Å². The number of aliphatic carboxylic acids is 1. The highest BCUT2D eigenvalue weighted by atomic mass is 16.4. The molecule has 0 spiro atoms. The molecule has 1 aromatic heterocycles.